The maximum absolute atomic E-state index is 8.99. The Morgan fingerprint density at radius 3 is 2.68 bits per heavy atom. The minimum atomic E-state index is 0.0207. The first-order chi connectivity index (χ1) is 9.22. The summed E-state index contributed by atoms with van der Waals surface area (Å²) in [5.74, 6) is 1.73. The first kappa shape index (κ1) is 13.4. The van der Waals surface area contributed by atoms with E-state index in [1.807, 2.05) is 37.4 Å². The van der Waals surface area contributed by atoms with Gasteiger partial charge in [-0.3, -0.25) is 0 Å². The van der Waals surface area contributed by atoms with Crippen LogP contribution in [-0.4, -0.2) is 24.2 Å². The van der Waals surface area contributed by atoms with E-state index < -0.39 is 0 Å². The van der Waals surface area contributed by atoms with Crippen LogP contribution in [0.15, 0.2) is 42.6 Å². The molecule has 4 nitrogen and oxygen atoms in total. The van der Waals surface area contributed by atoms with Crippen LogP contribution in [0.25, 0.3) is 0 Å². The van der Waals surface area contributed by atoms with E-state index in [0.29, 0.717) is 0 Å². The quantitative estimate of drug-likeness (QED) is 0.893. The highest BCUT2D eigenvalue weighted by molar-refractivity contribution is 5.40. The van der Waals surface area contributed by atoms with Crippen LogP contribution in [0.4, 0.5) is 5.82 Å². The summed E-state index contributed by atoms with van der Waals surface area (Å²) in [6.07, 6.45) is 1.69. The van der Waals surface area contributed by atoms with Crippen LogP contribution in [0.2, 0.25) is 0 Å². The van der Waals surface area contributed by atoms with Gasteiger partial charge < -0.3 is 14.7 Å². The average Bonchev–Trinajstić information content (AvgIpc) is 2.47. The Kier molecular flexibility index (Phi) is 4.36. The molecule has 0 saturated carbocycles. The number of methoxy groups -OCH3 is 1. The van der Waals surface area contributed by atoms with Crippen LogP contribution >= 0.6 is 0 Å². The fraction of sp³-hybridized carbons (Fsp3) is 0.267. The van der Waals surface area contributed by atoms with E-state index in [9.17, 15) is 0 Å². The van der Waals surface area contributed by atoms with Gasteiger partial charge in [0.15, 0.2) is 0 Å². The van der Waals surface area contributed by atoms with Crippen molar-refractivity contribution >= 4 is 5.82 Å². The molecular weight excluding hydrogens is 240 g/mol. The number of anilines is 1. The van der Waals surface area contributed by atoms with Crippen molar-refractivity contribution < 1.29 is 9.84 Å². The summed E-state index contributed by atoms with van der Waals surface area (Å²) in [7, 11) is 3.65. The third kappa shape index (κ3) is 3.45. The summed E-state index contributed by atoms with van der Waals surface area (Å²) in [6, 6.07) is 11.8. The molecule has 0 bridgehead atoms. The second-order valence-corrected chi connectivity index (χ2v) is 4.39. The maximum atomic E-state index is 8.99. The molecule has 0 fully saturated rings. The summed E-state index contributed by atoms with van der Waals surface area (Å²) in [5, 5.41) is 8.99. The topological polar surface area (TPSA) is 45.6 Å². The van der Waals surface area contributed by atoms with Gasteiger partial charge in [0.2, 0.25) is 0 Å². The number of ether oxygens (including phenoxy) is 1. The van der Waals surface area contributed by atoms with Crippen molar-refractivity contribution in [2.45, 2.75) is 13.2 Å². The maximum Gasteiger partial charge on any atom is 0.128 e. The molecule has 0 aliphatic heterocycles. The zero-order valence-electron chi connectivity index (χ0n) is 11.2. The lowest BCUT2D eigenvalue weighted by molar-refractivity contribution is 0.281. The molecule has 0 amide bonds. The van der Waals surface area contributed by atoms with Gasteiger partial charge in [0, 0.05) is 19.8 Å². The van der Waals surface area contributed by atoms with Crippen molar-refractivity contribution in [3.63, 3.8) is 0 Å². The molecule has 1 heterocycles. The zero-order valence-corrected chi connectivity index (χ0v) is 11.2. The minimum Gasteiger partial charge on any atom is -0.497 e. The van der Waals surface area contributed by atoms with Gasteiger partial charge >= 0.3 is 0 Å². The molecule has 0 radical (unpaired) electrons. The van der Waals surface area contributed by atoms with Crippen molar-refractivity contribution in [2.24, 2.45) is 0 Å². The molecule has 1 aromatic carbocycles. The molecule has 19 heavy (non-hydrogen) atoms. The van der Waals surface area contributed by atoms with E-state index in [0.717, 1.165) is 29.2 Å². The summed E-state index contributed by atoms with van der Waals surface area (Å²) in [4.78, 5) is 6.37. The molecule has 2 aromatic rings. The molecule has 0 aliphatic carbocycles. The van der Waals surface area contributed by atoms with E-state index in [1.54, 1.807) is 13.3 Å². The molecule has 1 aromatic heterocycles. The number of hydrogen-bond donors (Lipinski definition) is 1. The van der Waals surface area contributed by atoms with Gasteiger partial charge in [-0.15, -0.1) is 0 Å². The Morgan fingerprint density at radius 1 is 1.21 bits per heavy atom. The van der Waals surface area contributed by atoms with Crippen molar-refractivity contribution in [2.75, 3.05) is 19.1 Å². The van der Waals surface area contributed by atoms with Crippen LogP contribution < -0.4 is 9.64 Å². The van der Waals surface area contributed by atoms with E-state index >= 15 is 0 Å². The standard InChI is InChI=1S/C15H18N2O2/c1-17(15-7-6-13(11-18)9-16-15)10-12-4-3-5-14(8-12)19-2/h3-9,18H,10-11H2,1-2H3. The van der Waals surface area contributed by atoms with Gasteiger partial charge in [-0.05, 0) is 29.3 Å². The summed E-state index contributed by atoms with van der Waals surface area (Å²) in [6.45, 7) is 0.773. The highest BCUT2D eigenvalue weighted by Gasteiger charge is 2.04. The normalized spacial score (nSPS) is 10.3. The predicted octanol–water partition coefficient (Wildman–Crippen LogP) is 2.22. The van der Waals surface area contributed by atoms with Crippen molar-refractivity contribution in [3.05, 3.63) is 53.7 Å². The Balaban J connectivity index is 2.08. The van der Waals surface area contributed by atoms with Crippen LogP contribution in [0.5, 0.6) is 5.75 Å². The third-order valence-electron chi connectivity index (χ3n) is 2.94. The number of rotatable bonds is 5. The lowest BCUT2D eigenvalue weighted by Gasteiger charge is -2.18. The van der Waals surface area contributed by atoms with E-state index in [4.69, 9.17) is 9.84 Å². The third-order valence-corrected chi connectivity index (χ3v) is 2.94. The number of hydrogen-bond acceptors (Lipinski definition) is 4. The second kappa shape index (κ2) is 6.20. The Hall–Kier alpha value is -2.07. The summed E-state index contributed by atoms with van der Waals surface area (Å²) >= 11 is 0. The highest BCUT2D eigenvalue weighted by Crippen LogP contribution is 2.17. The van der Waals surface area contributed by atoms with Crippen LogP contribution in [0, 0.1) is 0 Å². The number of pyridine rings is 1. The summed E-state index contributed by atoms with van der Waals surface area (Å²) < 4.78 is 5.21. The van der Waals surface area contributed by atoms with Crippen LogP contribution in [-0.2, 0) is 13.2 Å². The molecule has 2 rings (SSSR count). The lowest BCUT2D eigenvalue weighted by atomic mass is 10.2. The first-order valence-electron chi connectivity index (χ1n) is 6.13. The number of nitrogens with zero attached hydrogens (tertiary/aromatic N) is 2. The highest BCUT2D eigenvalue weighted by atomic mass is 16.5. The second-order valence-electron chi connectivity index (χ2n) is 4.39. The first-order valence-corrected chi connectivity index (χ1v) is 6.13. The molecule has 0 unspecified atom stereocenters. The fourth-order valence-electron chi connectivity index (χ4n) is 1.86. The Morgan fingerprint density at radius 2 is 2.05 bits per heavy atom. The van der Waals surface area contributed by atoms with E-state index in [2.05, 4.69) is 16.0 Å². The summed E-state index contributed by atoms with van der Waals surface area (Å²) in [5.41, 5.74) is 1.98. The SMILES string of the molecule is COc1cccc(CN(C)c2ccc(CO)cn2)c1. The van der Waals surface area contributed by atoms with Crippen molar-refractivity contribution in [1.82, 2.24) is 4.98 Å². The number of aliphatic hydroxyl groups excluding tert-OH is 1. The molecular formula is C15H18N2O2. The van der Waals surface area contributed by atoms with Gasteiger partial charge in [-0.2, -0.15) is 0 Å². The van der Waals surface area contributed by atoms with E-state index in [-0.39, 0.29) is 6.61 Å². The van der Waals surface area contributed by atoms with Gasteiger partial charge in [0.1, 0.15) is 11.6 Å². The van der Waals surface area contributed by atoms with Crippen LogP contribution in [0.1, 0.15) is 11.1 Å². The van der Waals surface area contributed by atoms with Crippen LogP contribution in [0.3, 0.4) is 0 Å². The fourth-order valence-corrected chi connectivity index (χ4v) is 1.86. The largest absolute Gasteiger partial charge is 0.497 e. The average molecular weight is 258 g/mol. The predicted molar refractivity (Wildman–Crippen MR) is 75.3 cm³/mol. The van der Waals surface area contributed by atoms with Crippen molar-refractivity contribution in [3.8, 4) is 5.75 Å². The smallest absolute Gasteiger partial charge is 0.128 e. The zero-order chi connectivity index (χ0) is 13.7. The number of aliphatic hydroxyl groups is 1. The lowest BCUT2D eigenvalue weighted by Crippen LogP contribution is -2.17. The van der Waals surface area contributed by atoms with Gasteiger partial charge in [-0.25, -0.2) is 4.98 Å². The molecule has 0 aliphatic rings. The Labute approximate surface area is 113 Å². The molecule has 100 valence electrons. The van der Waals surface area contributed by atoms with Gasteiger partial charge in [-0.1, -0.05) is 18.2 Å². The number of aromatic nitrogens is 1. The van der Waals surface area contributed by atoms with Gasteiger partial charge in [0.25, 0.3) is 0 Å². The monoisotopic (exact) mass is 258 g/mol. The van der Waals surface area contributed by atoms with E-state index in [1.165, 1.54) is 0 Å². The minimum absolute atomic E-state index is 0.0207. The number of benzene rings is 1. The molecule has 1 N–H and O–H groups in total. The molecule has 0 spiro atoms. The Bertz CT molecular complexity index is 526. The molecule has 0 atom stereocenters. The molecule has 0 saturated heterocycles. The molecule has 4 heteroatoms. The van der Waals surface area contributed by atoms with Crippen molar-refractivity contribution in [1.29, 1.82) is 0 Å². The van der Waals surface area contributed by atoms with Gasteiger partial charge in [0.05, 0.1) is 13.7 Å².